The lowest BCUT2D eigenvalue weighted by molar-refractivity contribution is -0.138. The summed E-state index contributed by atoms with van der Waals surface area (Å²) in [6.07, 6.45) is -4.19. The SMILES string of the molecule is CC1(C)CN(Cc2ccc(OCCCCOCCNc3cccc4c3C(=O)N(C3CCC(=O)NC3=O)C4=O)cc2)C(=O)C1Oc1ccc(C#N)c(C(F)(F)F)c1. The summed E-state index contributed by atoms with van der Waals surface area (Å²) >= 11 is 0. The van der Waals surface area contributed by atoms with Gasteiger partial charge in [0.25, 0.3) is 17.7 Å². The number of imide groups is 2. The molecule has 2 fully saturated rings. The standard InChI is InChI=1S/C40H40F3N5O8/c1-39(2)23-47(38(53)34(39)56-27-13-10-25(21-44)29(20-27)40(41,42)43)22-24-8-11-26(12-9-24)55-18-4-3-17-54-19-16-45-30-7-5-6-28-33(30)37(52)48(36(28)51)31-14-15-32(49)46-35(31)50/h5-13,20,31,34,45H,3-4,14-19,22-23H2,1-2H3,(H,46,49,50). The number of unbranched alkanes of at least 4 members (excludes halogenated alkanes) is 1. The molecule has 2 atom stereocenters. The summed E-state index contributed by atoms with van der Waals surface area (Å²) in [5.74, 6) is -2.09. The molecule has 16 heteroatoms. The van der Waals surface area contributed by atoms with Crippen LogP contribution in [0, 0.1) is 16.7 Å². The Hall–Kier alpha value is -5.95. The Morgan fingerprint density at radius 2 is 1.68 bits per heavy atom. The number of nitriles is 1. The minimum Gasteiger partial charge on any atom is -0.494 e. The third-order valence-corrected chi connectivity index (χ3v) is 9.79. The Labute approximate surface area is 320 Å². The molecule has 0 spiro atoms. The van der Waals surface area contributed by atoms with Crippen molar-refractivity contribution in [3.63, 3.8) is 0 Å². The van der Waals surface area contributed by atoms with Gasteiger partial charge in [-0.1, -0.05) is 32.0 Å². The highest BCUT2D eigenvalue weighted by molar-refractivity contribution is 6.25. The minimum atomic E-state index is -4.75. The number of hydrogen-bond acceptors (Lipinski definition) is 10. The molecule has 2 saturated heterocycles. The number of fused-ring (bicyclic) bond motifs is 1. The van der Waals surface area contributed by atoms with Gasteiger partial charge in [0, 0.05) is 43.8 Å². The van der Waals surface area contributed by atoms with E-state index in [4.69, 9.17) is 19.5 Å². The number of likely N-dealkylation sites (tertiary alicyclic amines) is 1. The van der Waals surface area contributed by atoms with Crippen LogP contribution < -0.4 is 20.1 Å². The van der Waals surface area contributed by atoms with Gasteiger partial charge in [0.05, 0.1) is 41.5 Å². The summed E-state index contributed by atoms with van der Waals surface area (Å²) in [5, 5.41) is 14.4. The maximum absolute atomic E-state index is 13.5. The molecule has 294 valence electrons. The molecule has 0 radical (unpaired) electrons. The van der Waals surface area contributed by atoms with E-state index in [1.165, 1.54) is 18.2 Å². The number of ether oxygens (including phenoxy) is 3. The number of nitrogens with zero attached hydrogens (tertiary/aromatic N) is 3. The maximum atomic E-state index is 13.5. The van der Waals surface area contributed by atoms with Crippen molar-refractivity contribution in [1.29, 1.82) is 5.26 Å². The van der Waals surface area contributed by atoms with Crippen LogP contribution in [0.2, 0.25) is 0 Å². The first kappa shape index (κ1) is 39.7. The average Bonchev–Trinajstić information content (AvgIpc) is 3.53. The molecule has 0 saturated carbocycles. The van der Waals surface area contributed by atoms with Crippen LogP contribution in [0.15, 0.2) is 60.7 Å². The molecule has 3 aromatic rings. The van der Waals surface area contributed by atoms with Crippen LogP contribution in [-0.4, -0.2) is 84.4 Å². The third-order valence-electron chi connectivity index (χ3n) is 9.79. The van der Waals surface area contributed by atoms with E-state index < -0.39 is 58.5 Å². The summed E-state index contributed by atoms with van der Waals surface area (Å²) in [6.45, 7) is 5.85. The van der Waals surface area contributed by atoms with Crippen LogP contribution in [0.5, 0.6) is 11.5 Å². The van der Waals surface area contributed by atoms with Gasteiger partial charge in [0.1, 0.15) is 17.5 Å². The van der Waals surface area contributed by atoms with E-state index in [9.17, 15) is 37.1 Å². The van der Waals surface area contributed by atoms with E-state index in [0.29, 0.717) is 44.3 Å². The molecule has 2 unspecified atom stereocenters. The zero-order valence-corrected chi connectivity index (χ0v) is 30.7. The molecular weight excluding hydrogens is 735 g/mol. The number of hydrogen-bond donors (Lipinski definition) is 2. The molecule has 5 amide bonds. The second kappa shape index (κ2) is 16.4. The number of carbonyl (C=O) groups is 5. The largest absolute Gasteiger partial charge is 0.494 e. The monoisotopic (exact) mass is 775 g/mol. The van der Waals surface area contributed by atoms with Gasteiger partial charge >= 0.3 is 6.18 Å². The van der Waals surface area contributed by atoms with Gasteiger partial charge in [-0.2, -0.15) is 18.4 Å². The maximum Gasteiger partial charge on any atom is 0.417 e. The van der Waals surface area contributed by atoms with Crippen LogP contribution in [0.1, 0.15) is 76.9 Å². The number of nitrogens with one attached hydrogen (secondary N) is 2. The van der Waals surface area contributed by atoms with Gasteiger partial charge in [-0.05, 0) is 67.3 Å². The number of halogens is 3. The van der Waals surface area contributed by atoms with Crippen molar-refractivity contribution in [2.75, 3.05) is 38.2 Å². The van der Waals surface area contributed by atoms with E-state index in [0.717, 1.165) is 35.4 Å². The van der Waals surface area contributed by atoms with Gasteiger partial charge in [-0.3, -0.25) is 34.2 Å². The van der Waals surface area contributed by atoms with Gasteiger partial charge in [0.15, 0.2) is 6.10 Å². The summed E-state index contributed by atoms with van der Waals surface area (Å²) in [6, 6.07) is 15.7. The van der Waals surface area contributed by atoms with Crippen molar-refractivity contribution >= 4 is 35.2 Å². The smallest absolute Gasteiger partial charge is 0.417 e. The summed E-state index contributed by atoms with van der Waals surface area (Å²) in [5.41, 5.74) is -0.654. The van der Waals surface area contributed by atoms with Crippen molar-refractivity contribution in [1.82, 2.24) is 15.1 Å². The first-order chi connectivity index (χ1) is 26.7. The Morgan fingerprint density at radius 3 is 2.39 bits per heavy atom. The quantitative estimate of drug-likeness (QED) is 0.157. The van der Waals surface area contributed by atoms with Gasteiger partial charge in [-0.15, -0.1) is 0 Å². The Bertz CT molecular complexity index is 2060. The molecule has 3 aromatic carbocycles. The number of amides is 5. The lowest BCUT2D eigenvalue weighted by Crippen LogP contribution is -2.54. The normalized spacial score (nSPS) is 19.2. The molecule has 2 N–H and O–H groups in total. The van der Waals surface area contributed by atoms with Crippen LogP contribution in [0.4, 0.5) is 18.9 Å². The second-order valence-electron chi connectivity index (χ2n) is 14.4. The van der Waals surface area contributed by atoms with E-state index in [1.807, 2.05) is 26.0 Å². The van der Waals surface area contributed by atoms with Crippen molar-refractivity contribution < 1.29 is 51.4 Å². The number of anilines is 1. The average molecular weight is 776 g/mol. The van der Waals surface area contributed by atoms with Crippen molar-refractivity contribution in [2.45, 2.75) is 64.4 Å². The van der Waals surface area contributed by atoms with E-state index in [2.05, 4.69) is 10.6 Å². The van der Waals surface area contributed by atoms with Gasteiger partial charge < -0.3 is 24.4 Å². The number of piperidine rings is 1. The molecule has 0 aliphatic carbocycles. The van der Waals surface area contributed by atoms with Crippen molar-refractivity contribution in [3.8, 4) is 17.6 Å². The zero-order chi connectivity index (χ0) is 40.2. The molecular formula is C40H40F3N5O8. The Balaban J connectivity index is 0.893. The van der Waals surface area contributed by atoms with Crippen LogP contribution >= 0.6 is 0 Å². The lowest BCUT2D eigenvalue weighted by atomic mass is 9.89. The number of rotatable bonds is 15. The van der Waals surface area contributed by atoms with Gasteiger partial charge in [0.2, 0.25) is 11.8 Å². The third kappa shape index (κ3) is 8.63. The molecule has 6 rings (SSSR count). The molecule has 3 heterocycles. The minimum absolute atomic E-state index is 0.0440. The molecule has 3 aliphatic heterocycles. The summed E-state index contributed by atoms with van der Waals surface area (Å²) in [7, 11) is 0. The molecule has 0 aromatic heterocycles. The fourth-order valence-corrected chi connectivity index (χ4v) is 6.99. The molecule has 0 bridgehead atoms. The highest BCUT2D eigenvalue weighted by Gasteiger charge is 2.49. The summed E-state index contributed by atoms with van der Waals surface area (Å²) in [4.78, 5) is 66.0. The second-order valence-corrected chi connectivity index (χ2v) is 14.4. The number of carbonyl (C=O) groups excluding carboxylic acids is 5. The first-order valence-electron chi connectivity index (χ1n) is 18.1. The van der Waals surface area contributed by atoms with E-state index in [-0.39, 0.29) is 42.2 Å². The van der Waals surface area contributed by atoms with Crippen molar-refractivity contribution in [2.24, 2.45) is 5.41 Å². The number of benzene rings is 3. The van der Waals surface area contributed by atoms with E-state index in [1.54, 1.807) is 29.2 Å². The summed E-state index contributed by atoms with van der Waals surface area (Å²) < 4.78 is 57.8. The Kier molecular flexibility index (Phi) is 11.7. The Morgan fingerprint density at radius 1 is 0.946 bits per heavy atom. The topological polar surface area (TPSA) is 167 Å². The molecule has 3 aliphatic rings. The first-order valence-corrected chi connectivity index (χ1v) is 18.1. The lowest BCUT2D eigenvalue weighted by Gasteiger charge is -2.27. The fourth-order valence-electron chi connectivity index (χ4n) is 6.99. The van der Waals surface area contributed by atoms with Crippen LogP contribution in [0.3, 0.4) is 0 Å². The fraction of sp³-hybridized carbons (Fsp3) is 0.400. The number of alkyl halides is 3. The highest BCUT2D eigenvalue weighted by atomic mass is 19.4. The highest BCUT2D eigenvalue weighted by Crippen LogP contribution is 2.38. The predicted octanol–water partition coefficient (Wildman–Crippen LogP) is 5.08. The van der Waals surface area contributed by atoms with E-state index >= 15 is 0 Å². The van der Waals surface area contributed by atoms with Gasteiger partial charge in [-0.25, -0.2) is 0 Å². The zero-order valence-electron chi connectivity index (χ0n) is 30.7. The van der Waals surface area contributed by atoms with Crippen molar-refractivity contribution in [3.05, 3.63) is 88.5 Å². The van der Waals surface area contributed by atoms with Crippen LogP contribution in [0.25, 0.3) is 0 Å². The molecule has 56 heavy (non-hydrogen) atoms. The predicted molar refractivity (Wildman–Crippen MR) is 193 cm³/mol. The molecule has 13 nitrogen and oxygen atoms in total. The van der Waals surface area contributed by atoms with Crippen LogP contribution in [-0.2, 0) is 31.8 Å².